The van der Waals surface area contributed by atoms with Gasteiger partial charge in [-0.2, -0.15) is 0 Å². The molecule has 0 heterocycles. The average molecular weight is 311 g/mol. The van der Waals surface area contributed by atoms with Gasteiger partial charge < -0.3 is 5.11 Å². The Labute approximate surface area is 134 Å². The lowest BCUT2D eigenvalue weighted by Gasteiger charge is -2.02. The predicted molar refractivity (Wildman–Crippen MR) is 95.0 cm³/mol. The van der Waals surface area contributed by atoms with Gasteiger partial charge in [0.15, 0.2) is 0 Å². The van der Waals surface area contributed by atoms with Crippen molar-refractivity contribution in [1.82, 2.24) is 0 Å². The molecular weight excluding hydrogens is 280 g/mol. The predicted octanol–water partition coefficient (Wildman–Crippen LogP) is 5.61. The highest BCUT2D eigenvalue weighted by atomic mass is 32.2. The van der Waals surface area contributed by atoms with E-state index in [0.717, 1.165) is 25.0 Å². The maximum atomic E-state index is 10.6. The van der Waals surface area contributed by atoms with Gasteiger partial charge in [-0.25, -0.2) is 0 Å². The third kappa shape index (κ3) is 15.3. The van der Waals surface area contributed by atoms with Crippen LogP contribution in [0.25, 0.3) is 0 Å². The van der Waals surface area contributed by atoms with Crippen LogP contribution in [0.1, 0.15) is 58.8 Å². The first-order chi connectivity index (χ1) is 10.2. The van der Waals surface area contributed by atoms with Crippen LogP contribution in [0.3, 0.4) is 0 Å². The molecule has 2 nitrogen and oxygen atoms in total. The second-order valence-corrected chi connectivity index (χ2v) is 6.47. The van der Waals surface area contributed by atoms with Crippen LogP contribution >= 0.6 is 11.8 Å². The number of carboxylic acids is 1. The van der Waals surface area contributed by atoms with E-state index in [1.807, 2.05) is 0 Å². The molecule has 0 aliphatic heterocycles. The van der Waals surface area contributed by atoms with Gasteiger partial charge in [0.1, 0.15) is 0 Å². The van der Waals surface area contributed by atoms with Crippen LogP contribution < -0.4 is 0 Å². The van der Waals surface area contributed by atoms with Crippen molar-refractivity contribution in [3.63, 3.8) is 0 Å². The maximum Gasteiger partial charge on any atom is 0.316 e. The topological polar surface area (TPSA) is 37.3 Å². The van der Waals surface area contributed by atoms with Crippen molar-refractivity contribution in [3.8, 4) is 0 Å². The van der Waals surface area contributed by atoms with Crippen LogP contribution in [0.2, 0.25) is 0 Å². The Morgan fingerprint density at radius 1 is 1.00 bits per heavy atom. The van der Waals surface area contributed by atoms with Gasteiger partial charge in [0.2, 0.25) is 0 Å². The second-order valence-electron chi connectivity index (χ2n) is 5.02. The molecule has 1 N–H and O–H groups in total. The summed E-state index contributed by atoms with van der Waals surface area (Å²) in [5, 5.41) is 8.43. The Morgan fingerprint density at radius 3 is 2.14 bits per heavy atom. The summed E-state index contributed by atoms with van der Waals surface area (Å²) in [6.45, 7) is 3.96. The van der Waals surface area contributed by atoms with Crippen molar-refractivity contribution in [2.75, 3.05) is 5.75 Å². The van der Waals surface area contributed by atoms with Crippen LogP contribution in [0.15, 0.2) is 36.5 Å². The molecule has 0 aromatic rings. The number of rotatable bonds is 13. The average Bonchev–Trinajstić information content (AvgIpc) is 2.47. The lowest BCUT2D eigenvalue weighted by molar-refractivity contribution is -0.136. The molecule has 0 amide bonds. The second kappa shape index (κ2) is 15.4. The Balaban J connectivity index is 3.42. The molecule has 0 saturated heterocycles. The highest BCUT2D eigenvalue weighted by Crippen LogP contribution is 2.11. The molecule has 0 spiro atoms. The molecule has 120 valence electrons. The van der Waals surface area contributed by atoms with Crippen molar-refractivity contribution in [3.05, 3.63) is 36.5 Å². The Morgan fingerprint density at radius 2 is 1.57 bits per heavy atom. The summed E-state index contributed by atoms with van der Waals surface area (Å²) < 4.78 is 0. The van der Waals surface area contributed by atoms with Gasteiger partial charge in [0, 0.05) is 0 Å². The summed E-state index contributed by atoms with van der Waals surface area (Å²) in [7, 11) is 0. The molecule has 3 heteroatoms. The van der Waals surface area contributed by atoms with Crippen molar-refractivity contribution in [2.24, 2.45) is 0 Å². The van der Waals surface area contributed by atoms with Crippen LogP contribution in [0.4, 0.5) is 0 Å². The molecule has 1 atom stereocenters. The smallest absolute Gasteiger partial charge is 0.316 e. The number of unbranched alkanes of at least 4 members (excludes halogenated alkanes) is 3. The first-order valence-corrected chi connectivity index (χ1v) is 9.02. The zero-order valence-corrected chi connectivity index (χ0v) is 14.3. The van der Waals surface area contributed by atoms with E-state index in [4.69, 9.17) is 5.11 Å². The van der Waals surface area contributed by atoms with E-state index in [2.05, 4.69) is 43.4 Å². The number of allylic oxidation sites excluding steroid dienone is 6. The number of hydrogen-bond donors (Lipinski definition) is 1. The van der Waals surface area contributed by atoms with E-state index in [1.54, 1.807) is 6.92 Å². The van der Waals surface area contributed by atoms with Gasteiger partial charge in [-0.1, -0.05) is 56.2 Å². The molecular formula is C18H30O2S. The maximum absolute atomic E-state index is 10.6. The zero-order valence-electron chi connectivity index (χ0n) is 13.5. The number of hydrogen-bond acceptors (Lipinski definition) is 2. The lowest BCUT2D eigenvalue weighted by atomic mass is 10.2. The fraction of sp³-hybridized carbons (Fsp3) is 0.611. The molecule has 0 bridgehead atoms. The van der Waals surface area contributed by atoms with Crippen molar-refractivity contribution in [1.29, 1.82) is 0 Å². The van der Waals surface area contributed by atoms with E-state index in [9.17, 15) is 4.79 Å². The molecule has 0 aromatic carbocycles. The highest BCUT2D eigenvalue weighted by Gasteiger charge is 2.09. The lowest BCUT2D eigenvalue weighted by Crippen LogP contribution is -2.11. The number of carbonyl (C=O) groups is 1. The quantitative estimate of drug-likeness (QED) is 0.355. The fourth-order valence-corrected chi connectivity index (χ4v) is 2.44. The van der Waals surface area contributed by atoms with Gasteiger partial charge in [0.05, 0.1) is 5.25 Å². The van der Waals surface area contributed by atoms with Crippen molar-refractivity contribution < 1.29 is 9.90 Å². The Hall–Kier alpha value is -0.960. The third-order valence-electron chi connectivity index (χ3n) is 3.02. The molecule has 0 saturated carbocycles. The number of aliphatic carboxylic acids is 1. The molecule has 1 unspecified atom stereocenters. The van der Waals surface area contributed by atoms with E-state index in [0.29, 0.717) is 0 Å². The van der Waals surface area contributed by atoms with E-state index >= 15 is 0 Å². The van der Waals surface area contributed by atoms with Crippen LogP contribution in [-0.2, 0) is 4.79 Å². The zero-order chi connectivity index (χ0) is 15.8. The van der Waals surface area contributed by atoms with E-state index in [1.165, 1.54) is 37.4 Å². The van der Waals surface area contributed by atoms with Gasteiger partial charge >= 0.3 is 5.97 Å². The summed E-state index contributed by atoms with van der Waals surface area (Å²) in [6.07, 6.45) is 21.2. The summed E-state index contributed by atoms with van der Waals surface area (Å²) in [5.74, 6) is 0.142. The highest BCUT2D eigenvalue weighted by molar-refractivity contribution is 8.00. The SMILES string of the molecule is CCCCC/C=C\C/C=C\C/C=C\CCSC(C)C(=O)O. The summed E-state index contributed by atoms with van der Waals surface area (Å²) in [4.78, 5) is 10.6. The Kier molecular flexibility index (Phi) is 14.7. The van der Waals surface area contributed by atoms with Crippen molar-refractivity contribution in [2.45, 2.75) is 64.0 Å². The standard InChI is InChI=1S/C18H30O2S/c1-3-4-5-6-7-8-9-10-11-12-13-14-15-16-21-17(2)18(19)20/h7-8,10-11,13-14,17H,3-6,9,12,15-16H2,1-2H3,(H,19,20)/b8-7-,11-10-,14-13-. The molecule has 0 fully saturated rings. The van der Waals surface area contributed by atoms with Gasteiger partial charge in [-0.15, -0.1) is 11.8 Å². The monoisotopic (exact) mass is 310 g/mol. The van der Waals surface area contributed by atoms with E-state index < -0.39 is 5.97 Å². The van der Waals surface area contributed by atoms with Crippen molar-refractivity contribution >= 4 is 17.7 Å². The normalized spacial score (nSPS) is 13.6. The molecule has 21 heavy (non-hydrogen) atoms. The summed E-state index contributed by atoms with van der Waals surface area (Å²) >= 11 is 1.49. The third-order valence-corrected chi connectivity index (χ3v) is 4.19. The minimum atomic E-state index is -0.727. The molecule has 0 aliphatic rings. The molecule has 0 rings (SSSR count). The first kappa shape index (κ1) is 20.0. The fourth-order valence-electron chi connectivity index (χ4n) is 1.67. The van der Waals surface area contributed by atoms with Crippen LogP contribution in [0, 0.1) is 0 Å². The van der Waals surface area contributed by atoms with E-state index in [-0.39, 0.29) is 5.25 Å². The summed E-state index contributed by atoms with van der Waals surface area (Å²) in [6, 6.07) is 0. The minimum Gasteiger partial charge on any atom is -0.480 e. The van der Waals surface area contributed by atoms with Crippen LogP contribution in [0.5, 0.6) is 0 Å². The molecule has 0 aromatic heterocycles. The molecule has 0 radical (unpaired) electrons. The van der Waals surface area contributed by atoms with Gasteiger partial charge in [-0.3, -0.25) is 4.79 Å². The first-order valence-electron chi connectivity index (χ1n) is 7.97. The van der Waals surface area contributed by atoms with Gasteiger partial charge in [0.25, 0.3) is 0 Å². The summed E-state index contributed by atoms with van der Waals surface area (Å²) in [5.41, 5.74) is 0. The van der Waals surface area contributed by atoms with Gasteiger partial charge in [-0.05, 0) is 44.8 Å². The van der Waals surface area contributed by atoms with Crippen LogP contribution in [-0.4, -0.2) is 22.1 Å². The minimum absolute atomic E-state index is 0.303. The number of thioether (sulfide) groups is 1. The molecule has 0 aliphatic carbocycles. The number of carboxylic acid groups (broad SMARTS) is 1. The largest absolute Gasteiger partial charge is 0.480 e. The Bertz CT molecular complexity index is 332.